The van der Waals surface area contributed by atoms with E-state index < -0.39 is 0 Å². The lowest BCUT2D eigenvalue weighted by atomic mass is 10.1. The van der Waals surface area contributed by atoms with Gasteiger partial charge in [-0.2, -0.15) is 0 Å². The third-order valence-electron chi connectivity index (χ3n) is 2.23. The summed E-state index contributed by atoms with van der Waals surface area (Å²) in [5.41, 5.74) is 0.446. The molecule has 0 unspecified atom stereocenters. The van der Waals surface area contributed by atoms with Crippen LogP contribution < -0.4 is 5.32 Å². The van der Waals surface area contributed by atoms with Crippen LogP contribution >= 0.6 is 0 Å². The second kappa shape index (κ2) is 1.95. The number of likely N-dealkylation sites (N-methyl/N-ethyl adjacent to an activating group) is 1. The first-order valence-corrected chi connectivity index (χ1v) is 3.84. The average Bonchev–Trinajstić information content (AvgIpc) is 1.73. The molecule has 1 N–H and O–H groups in total. The Morgan fingerprint density at radius 1 is 1.20 bits per heavy atom. The second-order valence-electron chi connectivity index (χ2n) is 4.42. The van der Waals surface area contributed by atoms with Gasteiger partial charge in [0, 0.05) is 12.1 Å². The van der Waals surface area contributed by atoms with Crippen LogP contribution in [0.5, 0.6) is 0 Å². The van der Waals surface area contributed by atoms with Gasteiger partial charge in [-0.05, 0) is 34.7 Å². The van der Waals surface area contributed by atoms with Gasteiger partial charge in [0.15, 0.2) is 0 Å². The van der Waals surface area contributed by atoms with Crippen molar-refractivity contribution in [3.05, 3.63) is 0 Å². The first-order chi connectivity index (χ1) is 4.33. The summed E-state index contributed by atoms with van der Waals surface area (Å²) >= 11 is 0. The van der Waals surface area contributed by atoms with Gasteiger partial charge in [-0.3, -0.25) is 10.2 Å². The number of nitrogens with one attached hydrogen (secondary N) is 1. The van der Waals surface area contributed by atoms with Gasteiger partial charge in [0.2, 0.25) is 0 Å². The Balaban J connectivity index is 2.71. The maximum atomic E-state index is 3.55. The lowest BCUT2D eigenvalue weighted by molar-refractivity contribution is 0.196. The molecule has 2 heteroatoms. The highest BCUT2D eigenvalue weighted by molar-refractivity contribution is 4.97. The van der Waals surface area contributed by atoms with Crippen molar-refractivity contribution in [1.82, 2.24) is 10.2 Å². The van der Waals surface area contributed by atoms with Gasteiger partial charge in [-0.15, -0.1) is 0 Å². The molecule has 60 valence electrons. The molecule has 1 aliphatic heterocycles. The summed E-state index contributed by atoms with van der Waals surface area (Å²) in [7, 11) is 2.15. The summed E-state index contributed by atoms with van der Waals surface area (Å²) in [6.07, 6.45) is 0. The summed E-state index contributed by atoms with van der Waals surface area (Å²) < 4.78 is 0. The smallest absolute Gasteiger partial charge is 0.0657 e. The van der Waals surface area contributed by atoms with Gasteiger partial charge in [0.25, 0.3) is 0 Å². The highest BCUT2D eigenvalue weighted by Crippen LogP contribution is 2.23. The Morgan fingerprint density at radius 3 is 1.80 bits per heavy atom. The zero-order valence-corrected chi connectivity index (χ0v) is 7.65. The quantitative estimate of drug-likeness (QED) is 0.543. The molecule has 1 heterocycles. The third kappa shape index (κ3) is 1.32. The maximum Gasteiger partial charge on any atom is 0.0657 e. The highest BCUT2D eigenvalue weighted by atomic mass is 15.4. The molecule has 0 spiro atoms. The van der Waals surface area contributed by atoms with Crippen LogP contribution in [0.1, 0.15) is 27.7 Å². The summed E-state index contributed by atoms with van der Waals surface area (Å²) in [5.74, 6) is 0. The van der Waals surface area contributed by atoms with Crippen molar-refractivity contribution in [3.63, 3.8) is 0 Å². The molecule has 0 aromatic rings. The molecule has 0 amide bonds. The van der Waals surface area contributed by atoms with Crippen LogP contribution in [0.3, 0.4) is 0 Å². The van der Waals surface area contributed by atoms with Gasteiger partial charge < -0.3 is 0 Å². The minimum absolute atomic E-state index is 0.170. The van der Waals surface area contributed by atoms with Gasteiger partial charge in [0.05, 0.1) is 5.66 Å². The molecular formula is C8H18N2. The molecule has 1 fully saturated rings. The minimum atomic E-state index is 0.170. The molecule has 0 aromatic carbocycles. The zero-order valence-electron chi connectivity index (χ0n) is 7.65. The molecule has 2 nitrogen and oxygen atoms in total. The summed E-state index contributed by atoms with van der Waals surface area (Å²) in [6.45, 7) is 10.0. The predicted octanol–water partition coefficient (Wildman–Crippen LogP) is 1.04. The predicted molar refractivity (Wildman–Crippen MR) is 43.9 cm³/mol. The number of nitrogens with zero attached hydrogens (tertiary/aromatic N) is 1. The summed E-state index contributed by atoms with van der Waals surface area (Å²) in [5, 5.41) is 3.55. The van der Waals surface area contributed by atoms with Crippen LogP contribution in [-0.4, -0.2) is 29.7 Å². The largest absolute Gasteiger partial charge is 0.293 e. The van der Waals surface area contributed by atoms with E-state index in [2.05, 4.69) is 45.0 Å². The molecule has 0 aromatic heterocycles. The first-order valence-electron chi connectivity index (χ1n) is 3.84. The SMILES string of the molecule is CN1CC(C)(C)NC1(C)C. The Labute approximate surface area is 63.6 Å². The normalized spacial score (nSPS) is 30.9. The zero-order chi connectivity index (χ0) is 7.99. The Kier molecular flexibility index (Phi) is 1.57. The Bertz CT molecular complexity index is 138. The lowest BCUT2D eigenvalue weighted by Crippen LogP contribution is -2.47. The monoisotopic (exact) mass is 142 g/mol. The molecule has 0 radical (unpaired) electrons. The van der Waals surface area contributed by atoms with Crippen molar-refractivity contribution in [1.29, 1.82) is 0 Å². The first kappa shape index (κ1) is 8.02. The Hall–Kier alpha value is -0.0800. The number of hydrogen-bond acceptors (Lipinski definition) is 2. The van der Waals surface area contributed by atoms with Crippen molar-refractivity contribution in [2.75, 3.05) is 13.6 Å². The number of hydrogen-bond donors (Lipinski definition) is 1. The molecule has 10 heavy (non-hydrogen) atoms. The van der Waals surface area contributed by atoms with Crippen LogP contribution in [0.2, 0.25) is 0 Å². The standard InChI is InChI=1S/C8H18N2/c1-7(2)6-10(5)8(3,4)9-7/h9H,6H2,1-5H3. The van der Waals surface area contributed by atoms with Gasteiger partial charge >= 0.3 is 0 Å². The molecule has 0 bridgehead atoms. The van der Waals surface area contributed by atoms with Crippen molar-refractivity contribution in [3.8, 4) is 0 Å². The fourth-order valence-corrected chi connectivity index (χ4v) is 1.75. The summed E-state index contributed by atoms with van der Waals surface area (Å²) in [4.78, 5) is 2.34. The van der Waals surface area contributed by atoms with Gasteiger partial charge in [-0.25, -0.2) is 0 Å². The summed E-state index contributed by atoms with van der Waals surface area (Å²) in [6, 6.07) is 0. The fourth-order valence-electron chi connectivity index (χ4n) is 1.75. The third-order valence-corrected chi connectivity index (χ3v) is 2.23. The minimum Gasteiger partial charge on any atom is -0.293 e. The van der Waals surface area contributed by atoms with E-state index >= 15 is 0 Å². The van der Waals surface area contributed by atoms with Crippen LogP contribution in [0, 0.1) is 0 Å². The van der Waals surface area contributed by atoms with E-state index in [1.54, 1.807) is 0 Å². The molecule has 1 aliphatic rings. The molecule has 0 aliphatic carbocycles. The molecule has 1 rings (SSSR count). The molecule has 1 saturated heterocycles. The molecular weight excluding hydrogens is 124 g/mol. The molecule has 0 saturated carbocycles. The van der Waals surface area contributed by atoms with E-state index in [0.29, 0.717) is 0 Å². The topological polar surface area (TPSA) is 15.3 Å². The highest BCUT2D eigenvalue weighted by Gasteiger charge is 2.39. The van der Waals surface area contributed by atoms with Crippen LogP contribution in [0.4, 0.5) is 0 Å². The van der Waals surface area contributed by atoms with E-state index in [-0.39, 0.29) is 11.2 Å². The Morgan fingerprint density at radius 2 is 1.70 bits per heavy atom. The van der Waals surface area contributed by atoms with E-state index in [0.717, 1.165) is 6.54 Å². The second-order valence-corrected chi connectivity index (χ2v) is 4.42. The van der Waals surface area contributed by atoms with Crippen molar-refractivity contribution in [2.45, 2.75) is 38.9 Å². The average molecular weight is 142 g/mol. The van der Waals surface area contributed by atoms with Crippen molar-refractivity contribution >= 4 is 0 Å². The van der Waals surface area contributed by atoms with Crippen LogP contribution in [0.25, 0.3) is 0 Å². The van der Waals surface area contributed by atoms with Crippen molar-refractivity contribution in [2.24, 2.45) is 0 Å². The maximum absolute atomic E-state index is 3.55. The van der Waals surface area contributed by atoms with E-state index in [1.807, 2.05) is 0 Å². The van der Waals surface area contributed by atoms with E-state index in [1.165, 1.54) is 0 Å². The van der Waals surface area contributed by atoms with Crippen LogP contribution in [0.15, 0.2) is 0 Å². The fraction of sp³-hybridized carbons (Fsp3) is 1.00. The van der Waals surface area contributed by atoms with E-state index in [4.69, 9.17) is 0 Å². The lowest BCUT2D eigenvalue weighted by Gasteiger charge is -2.27. The van der Waals surface area contributed by atoms with E-state index in [9.17, 15) is 0 Å². The molecule has 0 atom stereocenters. The number of rotatable bonds is 0. The van der Waals surface area contributed by atoms with Crippen molar-refractivity contribution < 1.29 is 0 Å². The van der Waals surface area contributed by atoms with Crippen LogP contribution in [-0.2, 0) is 0 Å². The van der Waals surface area contributed by atoms with Gasteiger partial charge in [0.1, 0.15) is 0 Å². The van der Waals surface area contributed by atoms with Gasteiger partial charge in [-0.1, -0.05) is 0 Å².